The molecule has 0 N–H and O–H groups in total. The van der Waals surface area contributed by atoms with Crippen LogP contribution in [0.5, 0.6) is 5.88 Å². The number of nitrogens with zero attached hydrogens (tertiary/aromatic N) is 4. The molecule has 2 aromatic rings. The van der Waals surface area contributed by atoms with Gasteiger partial charge in [-0.2, -0.15) is 5.10 Å². The van der Waals surface area contributed by atoms with Gasteiger partial charge < -0.3 is 4.74 Å². The molecule has 2 aromatic heterocycles. The van der Waals surface area contributed by atoms with Gasteiger partial charge in [0.25, 0.3) is 5.69 Å². The number of hydrogen-bond donors (Lipinski definition) is 0. The Morgan fingerprint density at radius 2 is 2.41 bits per heavy atom. The first-order valence-electron chi connectivity index (χ1n) is 4.99. The standard InChI is InChI=1S/C10H10N4O3/c1-2-17-10-9(13-5-3-4-12-13)6-8(7-11-10)14(15)16/h3-7H,2H2,1H3. The van der Waals surface area contributed by atoms with Crippen LogP contribution in [-0.2, 0) is 0 Å². The molecule has 7 nitrogen and oxygen atoms in total. The van der Waals surface area contributed by atoms with Gasteiger partial charge >= 0.3 is 0 Å². The Morgan fingerprint density at radius 1 is 1.59 bits per heavy atom. The van der Waals surface area contributed by atoms with Crippen LogP contribution in [0.1, 0.15) is 6.92 Å². The molecule has 17 heavy (non-hydrogen) atoms. The van der Waals surface area contributed by atoms with Gasteiger partial charge in [-0.05, 0) is 13.0 Å². The van der Waals surface area contributed by atoms with Gasteiger partial charge in [0.15, 0.2) is 0 Å². The van der Waals surface area contributed by atoms with Crippen LogP contribution in [0.3, 0.4) is 0 Å². The van der Waals surface area contributed by atoms with Crippen molar-refractivity contribution < 1.29 is 9.66 Å². The van der Waals surface area contributed by atoms with E-state index < -0.39 is 4.92 Å². The molecule has 0 aliphatic carbocycles. The van der Waals surface area contributed by atoms with Crippen molar-refractivity contribution in [1.29, 1.82) is 0 Å². The highest BCUT2D eigenvalue weighted by Crippen LogP contribution is 2.24. The molecule has 0 unspecified atom stereocenters. The smallest absolute Gasteiger partial charge is 0.290 e. The lowest BCUT2D eigenvalue weighted by Crippen LogP contribution is -2.04. The van der Waals surface area contributed by atoms with Gasteiger partial charge in [0.1, 0.15) is 11.9 Å². The van der Waals surface area contributed by atoms with E-state index in [1.807, 2.05) is 6.92 Å². The minimum absolute atomic E-state index is 0.0982. The molecule has 0 saturated heterocycles. The van der Waals surface area contributed by atoms with Crippen LogP contribution in [0.15, 0.2) is 30.7 Å². The third-order valence-electron chi connectivity index (χ3n) is 2.06. The first kappa shape index (κ1) is 11.1. The Labute approximate surface area is 96.8 Å². The van der Waals surface area contributed by atoms with E-state index in [9.17, 15) is 10.1 Å². The zero-order valence-corrected chi connectivity index (χ0v) is 9.11. The van der Waals surface area contributed by atoms with Crippen molar-refractivity contribution in [2.45, 2.75) is 6.92 Å². The predicted molar refractivity (Wildman–Crippen MR) is 59.2 cm³/mol. The zero-order valence-electron chi connectivity index (χ0n) is 9.11. The largest absolute Gasteiger partial charge is 0.476 e. The normalized spacial score (nSPS) is 10.2. The molecule has 0 aliphatic heterocycles. The summed E-state index contributed by atoms with van der Waals surface area (Å²) in [5.41, 5.74) is 0.352. The van der Waals surface area contributed by atoms with Crippen molar-refractivity contribution in [2.75, 3.05) is 6.61 Å². The molecule has 0 aliphatic rings. The van der Waals surface area contributed by atoms with E-state index in [-0.39, 0.29) is 5.69 Å². The molecule has 7 heteroatoms. The van der Waals surface area contributed by atoms with Crippen LogP contribution in [0.4, 0.5) is 5.69 Å². The molecular formula is C10H10N4O3. The summed E-state index contributed by atoms with van der Waals surface area (Å²) >= 11 is 0. The molecule has 0 aromatic carbocycles. The highest BCUT2D eigenvalue weighted by Gasteiger charge is 2.14. The Bertz CT molecular complexity index is 524. The van der Waals surface area contributed by atoms with Crippen molar-refractivity contribution in [2.24, 2.45) is 0 Å². The fraction of sp³-hybridized carbons (Fsp3) is 0.200. The van der Waals surface area contributed by atoms with Crippen LogP contribution in [0.25, 0.3) is 5.69 Å². The third-order valence-corrected chi connectivity index (χ3v) is 2.06. The van der Waals surface area contributed by atoms with Crippen molar-refractivity contribution in [1.82, 2.24) is 14.8 Å². The number of hydrogen-bond acceptors (Lipinski definition) is 5. The van der Waals surface area contributed by atoms with E-state index in [1.165, 1.54) is 10.7 Å². The molecule has 0 bridgehead atoms. The molecule has 0 saturated carbocycles. The summed E-state index contributed by atoms with van der Waals surface area (Å²) in [6.07, 6.45) is 4.41. The summed E-state index contributed by atoms with van der Waals surface area (Å²) in [6.45, 7) is 2.25. The van der Waals surface area contributed by atoms with Gasteiger partial charge in [-0.25, -0.2) is 9.67 Å². The van der Waals surface area contributed by atoms with E-state index in [0.29, 0.717) is 18.2 Å². The van der Waals surface area contributed by atoms with Gasteiger partial charge in [0, 0.05) is 18.5 Å². The van der Waals surface area contributed by atoms with E-state index in [0.717, 1.165) is 6.20 Å². The quantitative estimate of drug-likeness (QED) is 0.592. The lowest BCUT2D eigenvalue weighted by atomic mass is 10.3. The van der Waals surface area contributed by atoms with Gasteiger partial charge in [0.05, 0.1) is 11.5 Å². The Balaban J connectivity index is 2.51. The molecule has 0 fully saturated rings. The molecule has 0 amide bonds. The highest BCUT2D eigenvalue weighted by molar-refractivity contribution is 5.48. The molecule has 88 valence electrons. The summed E-state index contributed by atoms with van der Waals surface area (Å²) in [4.78, 5) is 14.1. The van der Waals surface area contributed by atoms with Crippen molar-refractivity contribution in [3.05, 3.63) is 40.8 Å². The number of nitro groups is 1. The van der Waals surface area contributed by atoms with Crippen molar-refractivity contribution in [3.63, 3.8) is 0 Å². The lowest BCUT2D eigenvalue weighted by molar-refractivity contribution is -0.385. The molecule has 0 spiro atoms. The summed E-state index contributed by atoms with van der Waals surface area (Å²) in [7, 11) is 0. The van der Waals surface area contributed by atoms with Crippen molar-refractivity contribution in [3.8, 4) is 11.6 Å². The number of rotatable bonds is 4. The average Bonchev–Trinajstić information content (AvgIpc) is 2.83. The molecule has 0 atom stereocenters. The van der Waals surface area contributed by atoms with Crippen LogP contribution in [0.2, 0.25) is 0 Å². The van der Waals surface area contributed by atoms with Crippen LogP contribution < -0.4 is 4.74 Å². The van der Waals surface area contributed by atoms with Crippen LogP contribution in [-0.4, -0.2) is 26.3 Å². The summed E-state index contributed by atoms with van der Waals surface area (Å²) in [5, 5.41) is 14.7. The average molecular weight is 234 g/mol. The van der Waals surface area contributed by atoms with Gasteiger partial charge in [-0.1, -0.05) is 0 Å². The zero-order chi connectivity index (χ0) is 12.3. The topological polar surface area (TPSA) is 83.1 Å². The van der Waals surface area contributed by atoms with E-state index in [4.69, 9.17) is 4.74 Å². The summed E-state index contributed by atoms with van der Waals surface area (Å²) in [6, 6.07) is 3.10. The predicted octanol–water partition coefficient (Wildman–Crippen LogP) is 1.57. The lowest BCUT2D eigenvalue weighted by Gasteiger charge is -2.08. The van der Waals surface area contributed by atoms with Crippen molar-refractivity contribution >= 4 is 5.69 Å². The monoisotopic (exact) mass is 234 g/mol. The molecule has 2 heterocycles. The molecular weight excluding hydrogens is 224 g/mol. The van der Waals surface area contributed by atoms with Crippen LogP contribution >= 0.6 is 0 Å². The maximum atomic E-state index is 10.7. The fourth-order valence-corrected chi connectivity index (χ4v) is 1.35. The van der Waals surface area contributed by atoms with E-state index in [1.54, 1.807) is 18.5 Å². The number of aromatic nitrogens is 3. The Hall–Kier alpha value is -2.44. The maximum Gasteiger partial charge on any atom is 0.290 e. The fourth-order valence-electron chi connectivity index (χ4n) is 1.35. The van der Waals surface area contributed by atoms with Crippen LogP contribution in [0, 0.1) is 10.1 Å². The second-order valence-corrected chi connectivity index (χ2v) is 3.16. The van der Waals surface area contributed by atoms with Gasteiger partial charge in [0.2, 0.25) is 5.88 Å². The first-order chi connectivity index (χ1) is 8.22. The molecule has 0 radical (unpaired) electrons. The second kappa shape index (κ2) is 4.60. The minimum atomic E-state index is -0.504. The Kier molecular flexibility index (Phi) is 2.99. The Morgan fingerprint density at radius 3 is 3.00 bits per heavy atom. The van der Waals surface area contributed by atoms with Gasteiger partial charge in [-0.3, -0.25) is 10.1 Å². The summed E-state index contributed by atoms with van der Waals surface area (Å²) in [5.74, 6) is 0.321. The van der Waals surface area contributed by atoms with E-state index in [2.05, 4.69) is 10.1 Å². The second-order valence-electron chi connectivity index (χ2n) is 3.16. The number of ether oxygens (including phenoxy) is 1. The summed E-state index contributed by atoms with van der Waals surface area (Å²) < 4.78 is 6.78. The number of pyridine rings is 1. The molecule has 2 rings (SSSR count). The highest BCUT2D eigenvalue weighted by atomic mass is 16.6. The first-order valence-corrected chi connectivity index (χ1v) is 4.99. The third kappa shape index (κ3) is 2.22. The van der Waals surface area contributed by atoms with Gasteiger partial charge in [-0.15, -0.1) is 0 Å². The SMILES string of the molecule is CCOc1ncc([N+](=O)[O-])cc1-n1cccn1. The van der Waals surface area contributed by atoms with E-state index >= 15 is 0 Å². The minimum Gasteiger partial charge on any atom is -0.476 e. The maximum absolute atomic E-state index is 10.7.